The molecular weight excluding hydrogens is 269 g/mol. The molecule has 0 aliphatic rings. The van der Waals surface area contributed by atoms with Crippen LogP contribution in [0.3, 0.4) is 0 Å². The number of pyridine rings is 1. The van der Waals surface area contributed by atoms with Crippen LogP contribution in [0, 0.1) is 6.92 Å². The Kier molecular flexibility index (Phi) is 4.31. The van der Waals surface area contributed by atoms with Crippen molar-refractivity contribution < 1.29 is 10.2 Å². The van der Waals surface area contributed by atoms with Gasteiger partial charge in [-0.2, -0.15) is 0 Å². The van der Waals surface area contributed by atoms with Crippen molar-refractivity contribution in [1.29, 1.82) is 0 Å². The summed E-state index contributed by atoms with van der Waals surface area (Å²) in [6, 6.07) is 1.74. The minimum absolute atomic E-state index is 0.234. The summed E-state index contributed by atoms with van der Waals surface area (Å²) in [5, 5.41) is 19.7. The van der Waals surface area contributed by atoms with E-state index in [1.165, 1.54) is 0 Å². The first kappa shape index (κ1) is 11.9. The van der Waals surface area contributed by atoms with Gasteiger partial charge in [-0.15, -0.1) is 0 Å². The highest BCUT2D eigenvalue weighted by Gasteiger charge is 2.21. The maximum atomic E-state index is 9.75. The summed E-state index contributed by atoms with van der Waals surface area (Å²) in [6.45, 7) is 1.81. The summed E-state index contributed by atoms with van der Waals surface area (Å²) < 4.78 is 0. The lowest BCUT2D eigenvalue weighted by molar-refractivity contribution is 0.0337. The molecule has 14 heavy (non-hydrogen) atoms. The molecule has 1 heterocycles. The minimum Gasteiger partial charge on any atom is -0.389 e. The van der Waals surface area contributed by atoms with Crippen LogP contribution in [0.5, 0.6) is 0 Å². The van der Waals surface area contributed by atoms with Crippen molar-refractivity contribution >= 4 is 27.5 Å². The van der Waals surface area contributed by atoms with Crippen LogP contribution in [0.1, 0.15) is 17.2 Å². The lowest BCUT2D eigenvalue weighted by Crippen LogP contribution is -2.20. The third-order valence-corrected chi connectivity index (χ3v) is 2.94. The molecule has 2 atom stereocenters. The first-order valence-corrected chi connectivity index (χ1v) is 5.61. The van der Waals surface area contributed by atoms with E-state index in [9.17, 15) is 10.2 Å². The number of rotatable bonds is 3. The lowest BCUT2D eigenvalue weighted by atomic mass is 10.0. The summed E-state index contributed by atoms with van der Waals surface area (Å²) in [4.78, 5) is 3.86. The SMILES string of the molecule is Cc1ccnc(Cl)c1C(O)C(O)CBr. The molecule has 2 N–H and O–H groups in total. The zero-order chi connectivity index (χ0) is 10.7. The fraction of sp³-hybridized carbons (Fsp3) is 0.444. The maximum absolute atomic E-state index is 9.75. The van der Waals surface area contributed by atoms with E-state index in [0.29, 0.717) is 10.9 Å². The largest absolute Gasteiger partial charge is 0.389 e. The summed E-state index contributed by atoms with van der Waals surface area (Å²) >= 11 is 8.92. The van der Waals surface area contributed by atoms with Gasteiger partial charge < -0.3 is 10.2 Å². The molecular formula is C9H11BrClNO2. The summed E-state index contributed by atoms with van der Waals surface area (Å²) in [5.41, 5.74) is 1.30. The summed E-state index contributed by atoms with van der Waals surface area (Å²) in [5.74, 6) is 0. The van der Waals surface area contributed by atoms with Crippen LogP contribution >= 0.6 is 27.5 Å². The van der Waals surface area contributed by atoms with E-state index in [-0.39, 0.29) is 5.15 Å². The second-order valence-electron chi connectivity index (χ2n) is 3.00. The van der Waals surface area contributed by atoms with E-state index < -0.39 is 12.2 Å². The van der Waals surface area contributed by atoms with Crippen LogP contribution < -0.4 is 0 Å². The highest BCUT2D eigenvalue weighted by atomic mass is 79.9. The highest BCUT2D eigenvalue weighted by Crippen LogP contribution is 2.27. The number of aryl methyl sites for hydroxylation is 1. The Morgan fingerprint density at radius 2 is 2.21 bits per heavy atom. The standard InChI is InChI=1S/C9H11BrClNO2/c1-5-2-3-12-9(11)7(5)8(14)6(13)4-10/h2-3,6,8,13-14H,4H2,1H3. The smallest absolute Gasteiger partial charge is 0.135 e. The fourth-order valence-corrected chi connectivity index (χ4v) is 1.84. The van der Waals surface area contributed by atoms with Crippen LogP contribution in [0.4, 0.5) is 0 Å². The third-order valence-electron chi connectivity index (χ3n) is 1.98. The molecule has 5 heteroatoms. The van der Waals surface area contributed by atoms with Crippen molar-refractivity contribution in [3.63, 3.8) is 0 Å². The Morgan fingerprint density at radius 3 is 2.71 bits per heavy atom. The molecule has 0 saturated carbocycles. The van der Waals surface area contributed by atoms with Crippen LogP contribution in [-0.4, -0.2) is 26.6 Å². The second-order valence-corrected chi connectivity index (χ2v) is 4.00. The molecule has 0 aromatic carbocycles. The molecule has 78 valence electrons. The molecule has 0 fully saturated rings. The number of alkyl halides is 1. The van der Waals surface area contributed by atoms with Crippen molar-refractivity contribution in [2.24, 2.45) is 0 Å². The predicted octanol–water partition coefficient (Wildman–Crippen LogP) is 1.83. The zero-order valence-electron chi connectivity index (χ0n) is 7.61. The van der Waals surface area contributed by atoms with Gasteiger partial charge in [-0.25, -0.2) is 4.98 Å². The van der Waals surface area contributed by atoms with Gasteiger partial charge in [-0.05, 0) is 18.6 Å². The van der Waals surface area contributed by atoms with Gasteiger partial charge in [0.05, 0.1) is 6.10 Å². The second kappa shape index (κ2) is 5.07. The average Bonchev–Trinajstić information content (AvgIpc) is 2.16. The Morgan fingerprint density at radius 1 is 1.57 bits per heavy atom. The molecule has 0 spiro atoms. The number of hydrogen-bond acceptors (Lipinski definition) is 3. The van der Waals surface area contributed by atoms with Crippen molar-refractivity contribution in [2.45, 2.75) is 19.1 Å². The van der Waals surface area contributed by atoms with Crippen LogP contribution in [-0.2, 0) is 0 Å². The molecule has 0 aliphatic carbocycles. The monoisotopic (exact) mass is 279 g/mol. The molecule has 0 bridgehead atoms. The van der Waals surface area contributed by atoms with E-state index >= 15 is 0 Å². The van der Waals surface area contributed by atoms with Gasteiger partial charge >= 0.3 is 0 Å². The quantitative estimate of drug-likeness (QED) is 0.656. The molecule has 3 nitrogen and oxygen atoms in total. The predicted molar refractivity (Wildman–Crippen MR) is 58.7 cm³/mol. The van der Waals surface area contributed by atoms with E-state index in [0.717, 1.165) is 5.56 Å². The molecule has 1 aromatic rings. The molecule has 2 unspecified atom stereocenters. The molecule has 1 rings (SSSR count). The van der Waals surface area contributed by atoms with Crippen molar-refractivity contribution in [3.8, 4) is 0 Å². The van der Waals surface area contributed by atoms with Crippen molar-refractivity contribution in [2.75, 3.05) is 5.33 Å². The third kappa shape index (κ3) is 2.45. The molecule has 0 amide bonds. The van der Waals surface area contributed by atoms with Crippen LogP contribution in [0.15, 0.2) is 12.3 Å². The Hall–Kier alpha value is -0.160. The van der Waals surface area contributed by atoms with Gasteiger partial charge in [0.25, 0.3) is 0 Å². The lowest BCUT2D eigenvalue weighted by Gasteiger charge is -2.18. The Bertz CT molecular complexity index is 301. The van der Waals surface area contributed by atoms with Gasteiger partial charge in [0.2, 0.25) is 0 Å². The first-order chi connectivity index (χ1) is 6.57. The zero-order valence-corrected chi connectivity index (χ0v) is 9.96. The first-order valence-electron chi connectivity index (χ1n) is 4.11. The van der Waals surface area contributed by atoms with Gasteiger partial charge in [0, 0.05) is 17.1 Å². The number of aliphatic hydroxyl groups is 2. The van der Waals surface area contributed by atoms with Crippen LogP contribution in [0.25, 0.3) is 0 Å². The molecule has 1 aromatic heterocycles. The fourth-order valence-electron chi connectivity index (χ4n) is 1.17. The van der Waals surface area contributed by atoms with E-state index in [4.69, 9.17) is 11.6 Å². The van der Waals surface area contributed by atoms with E-state index in [1.807, 2.05) is 6.92 Å². The van der Waals surface area contributed by atoms with E-state index in [2.05, 4.69) is 20.9 Å². The number of halogens is 2. The van der Waals surface area contributed by atoms with Crippen molar-refractivity contribution in [1.82, 2.24) is 4.98 Å². The molecule has 0 saturated heterocycles. The van der Waals surface area contributed by atoms with Crippen molar-refractivity contribution in [3.05, 3.63) is 28.5 Å². The Balaban J connectivity index is 3.05. The number of aromatic nitrogens is 1. The number of nitrogens with zero attached hydrogens (tertiary/aromatic N) is 1. The Labute approximate surface area is 95.9 Å². The maximum Gasteiger partial charge on any atom is 0.135 e. The summed E-state index contributed by atoms with van der Waals surface area (Å²) in [6.07, 6.45) is -0.319. The topological polar surface area (TPSA) is 53.4 Å². The number of hydrogen-bond donors (Lipinski definition) is 2. The van der Waals surface area contributed by atoms with Gasteiger partial charge in [-0.1, -0.05) is 27.5 Å². The normalized spacial score (nSPS) is 15.2. The average molecular weight is 281 g/mol. The number of aliphatic hydroxyl groups excluding tert-OH is 2. The van der Waals surface area contributed by atoms with Gasteiger partial charge in [0.15, 0.2) is 0 Å². The highest BCUT2D eigenvalue weighted by molar-refractivity contribution is 9.09. The summed E-state index contributed by atoms with van der Waals surface area (Å²) in [7, 11) is 0. The van der Waals surface area contributed by atoms with Gasteiger partial charge in [-0.3, -0.25) is 0 Å². The molecule has 0 aliphatic heterocycles. The minimum atomic E-state index is -1.00. The van der Waals surface area contributed by atoms with Gasteiger partial charge in [0.1, 0.15) is 11.3 Å². The van der Waals surface area contributed by atoms with E-state index in [1.54, 1.807) is 12.3 Å². The molecule has 0 radical (unpaired) electrons. The van der Waals surface area contributed by atoms with Crippen LogP contribution in [0.2, 0.25) is 5.15 Å².